The Morgan fingerprint density at radius 3 is 3.33 bits per heavy atom. The van der Waals surface area contributed by atoms with E-state index in [0.29, 0.717) is 13.2 Å². The van der Waals surface area contributed by atoms with Crippen LogP contribution in [0.4, 0.5) is 0 Å². The molecule has 0 aliphatic carbocycles. The van der Waals surface area contributed by atoms with Crippen molar-refractivity contribution in [3.63, 3.8) is 0 Å². The summed E-state index contributed by atoms with van der Waals surface area (Å²) in [7, 11) is 0. The van der Waals surface area contributed by atoms with Crippen LogP contribution in [0.3, 0.4) is 0 Å². The van der Waals surface area contributed by atoms with E-state index in [0.717, 1.165) is 5.57 Å². The zero-order valence-electron chi connectivity index (χ0n) is 7.08. The van der Waals surface area contributed by atoms with Crippen molar-refractivity contribution in [2.75, 3.05) is 13.2 Å². The van der Waals surface area contributed by atoms with Crippen LogP contribution in [0, 0.1) is 0 Å². The molecule has 0 saturated heterocycles. The molecule has 66 valence electrons. The molecule has 1 unspecified atom stereocenters. The lowest BCUT2D eigenvalue weighted by molar-refractivity contribution is -0.152. The Hall–Kier alpha value is -1.09. The van der Waals surface area contributed by atoms with Gasteiger partial charge in [0.15, 0.2) is 6.10 Å². The molecule has 0 N–H and O–H groups in total. The summed E-state index contributed by atoms with van der Waals surface area (Å²) >= 11 is 0. The van der Waals surface area contributed by atoms with E-state index in [2.05, 4.69) is 6.58 Å². The van der Waals surface area contributed by atoms with Gasteiger partial charge in [-0.1, -0.05) is 18.7 Å². The van der Waals surface area contributed by atoms with Gasteiger partial charge in [0.2, 0.25) is 0 Å². The summed E-state index contributed by atoms with van der Waals surface area (Å²) in [5.74, 6) is -0.332. The van der Waals surface area contributed by atoms with E-state index in [1.807, 2.05) is 6.08 Å². The Kier molecular flexibility index (Phi) is 3.05. The second kappa shape index (κ2) is 4.07. The Morgan fingerprint density at radius 2 is 2.75 bits per heavy atom. The summed E-state index contributed by atoms with van der Waals surface area (Å²) in [5.41, 5.74) is 0.799. The van der Waals surface area contributed by atoms with Crippen molar-refractivity contribution in [1.29, 1.82) is 0 Å². The van der Waals surface area contributed by atoms with Gasteiger partial charge in [-0.3, -0.25) is 0 Å². The number of carbonyl (C=O) groups excluding carboxylic acids is 1. The van der Waals surface area contributed by atoms with Crippen molar-refractivity contribution in [2.45, 2.75) is 13.0 Å². The summed E-state index contributed by atoms with van der Waals surface area (Å²) in [6.07, 6.45) is 2.89. The fourth-order valence-electron chi connectivity index (χ4n) is 1.06. The smallest absolute Gasteiger partial charge is 0.339 e. The summed E-state index contributed by atoms with van der Waals surface area (Å²) in [6, 6.07) is 0. The first-order valence-electron chi connectivity index (χ1n) is 3.90. The first kappa shape index (κ1) is 9.00. The number of hydrogen-bond donors (Lipinski definition) is 0. The monoisotopic (exact) mass is 168 g/mol. The fourth-order valence-corrected chi connectivity index (χ4v) is 1.06. The first-order chi connectivity index (χ1) is 5.79. The molecule has 1 aliphatic heterocycles. The fraction of sp³-hybridized carbons (Fsp3) is 0.444. The molecule has 1 atom stereocenters. The molecule has 1 heterocycles. The number of ether oxygens (including phenoxy) is 2. The molecule has 0 amide bonds. The van der Waals surface area contributed by atoms with Crippen LogP contribution in [0.5, 0.6) is 0 Å². The Balaban J connectivity index is 2.57. The Labute approximate surface area is 71.7 Å². The van der Waals surface area contributed by atoms with Gasteiger partial charge in [0.25, 0.3) is 0 Å². The molecule has 0 radical (unpaired) electrons. The van der Waals surface area contributed by atoms with E-state index in [9.17, 15) is 4.79 Å². The first-order valence-corrected chi connectivity index (χ1v) is 3.90. The van der Waals surface area contributed by atoms with Crippen LogP contribution >= 0.6 is 0 Å². The predicted molar refractivity (Wildman–Crippen MR) is 44.7 cm³/mol. The summed E-state index contributed by atoms with van der Waals surface area (Å²) < 4.78 is 9.94. The van der Waals surface area contributed by atoms with Gasteiger partial charge in [-0.25, -0.2) is 4.79 Å². The van der Waals surface area contributed by atoms with Crippen LogP contribution in [-0.4, -0.2) is 25.3 Å². The van der Waals surface area contributed by atoms with Crippen LogP contribution in [0.1, 0.15) is 6.92 Å². The van der Waals surface area contributed by atoms with E-state index in [1.54, 1.807) is 13.0 Å². The molecule has 0 spiro atoms. The van der Waals surface area contributed by atoms with Crippen LogP contribution in [0.25, 0.3) is 0 Å². The maximum atomic E-state index is 11.2. The molecular formula is C9H12O3. The maximum Gasteiger partial charge on any atom is 0.339 e. The number of carbonyl (C=O) groups is 1. The average Bonchev–Trinajstić information content (AvgIpc) is 2.51. The number of esters is 1. The number of rotatable bonds is 3. The predicted octanol–water partition coefficient (Wildman–Crippen LogP) is 1.06. The van der Waals surface area contributed by atoms with E-state index in [4.69, 9.17) is 9.47 Å². The lowest BCUT2D eigenvalue weighted by atomic mass is 10.1. The zero-order valence-corrected chi connectivity index (χ0v) is 7.08. The van der Waals surface area contributed by atoms with Gasteiger partial charge in [-0.2, -0.15) is 0 Å². The molecule has 0 bridgehead atoms. The molecule has 0 aromatic heterocycles. The third kappa shape index (κ3) is 1.74. The van der Waals surface area contributed by atoms with Crippen LogP contribution in [-0.2, 0) is 14.3 Å². The topological polar surface area (TPSA) is 35.5 Å². The van der Waals surface area contributed by atoms with Crippen molar-refractivity contribution in [1.82, 2.24) is 0 Å². The van der Waals surface area contributed by atoms with Crippen LogP contribution < -0.4 is 0 Å². The Bertz CT molecular complexity index is 218. The highest BCUT2D eigenvalue weighted by molar-refractivity contribution is 5.79. The van der Waals surface area contributed by atoms with Gasteiger partial charge in [0.1, 0.15) is 0 Å². The largest absolute Gasteiger partial charge is 0.464 e. The highest BCUT2D eigenvalue weighted by Crippen LogP contribution is 2.16. The van der Waals surface area contributed by atoms with Crippen molar-refractivity contribution in [3.05, 3.63) is 24.3 Å². The van der Waals surface area contributed by atoms with E-state index in [-0.39, 0.29) is 5.97 Å². The highest BCUT2D eigenvalue weighted by atomic mass is 16.6. The molecular weight excluding hydrogens is 156 g/mol. The van der Waals surface area contributed by atoms with Crippen molar-refractivity contribution < 1.29 is 14.3 Å². The van der Waals surface area contributed by atoms with Gasteiger partial charge < -0.3 is 9.47 Å². The third-order valence-electron chi connectivity index (χ3n) is 1.62. The zero-order chi connectivity index (χ0) is 8.97. The van der Waals surface area contributed by atoms with E-state index < -0.39 is 6.10 Å². The molecule has 3 nitrogen and oxygen atoms in total. The minimum absolute atomic E-state index is 0.332. The van der Waals surface area contributed by atoms with Crippen molar-refractivity contribution in [3.8, 4) is 0 Å². The molecule has 1 aliphatic rings. The van der Waals surface area contributed by atoms with Crippen LogP contribution in [0.2, 0.25) is 0 Å². The molecule has 12 heavy (non-hydrogen) atoms. The Morgan fingerprint density at radius 1 is 2.00 bits per heavy atom. The van der Waals surface area contributed by atoms with E-state index in [1.165, 1.54) is 0 Å². The maximum absolute atomic E-state index is 11.2. The van der Waals surface area contributed by atoms with Gasteiger partial charge in [-0.15, -0.1) is 0 Å². The average molecular weight is 168 g/mol. The standard InChI is InChI=1S/C9H12O3/c1-3-7-5-6-12-8(7)9(10)11-4-2/h3,5,8H,1,4,6H2,2H3. The lowest BCUT2D eigenvalue weighted by Crippen LogP contribution is -2.24. The van der Waals surface area contributed by atoms with Crippen molar-refractivity contribution in [2.24, 2.45) is 0 Å². The molecule has 0 aromatic rings. The van der Waals surface area contributed by atoms with E-state index >= 15 is 0 Å². The molecule has 3 heteroatoms. The third-order valence-corrected chi connectivity index (χ3v) is 1.62. The van der Waals surface area contributed by atoms with Gasteiger partial charge in [0.05, 0.1) is 13.2 Å². The highest BCUT2D eigenvalue weighted by Gasteiger charge is 2.26. The lowest BCUT2D eigenvalue weighted by Gasteiger charge is -2.10. The van der Waals surface area contributed by atoms with Gasteiger partial charge >= 0.3 is 5.97 Å². The van der Waals surface area contributed by atoms with Crippen LogP contribution in [0.15, 0.2) is 24.3 Å². The SMILES string of the molecule is C=CC1=CCOC1C(=O)OCC. The summed E-state index contributed by atoms with van der Waals surface area (Å²) in [4.78, 5) is 11.2. The molecule has 0 aromatic carbocycles. The summed E-state index contributed by atoms with van der Waals surface area (Å²) in [6.45, 7) is 6.19. The van der Waals surface area contributed by atoms with Crippen molar-refractivity contribution >= 4 is 5.97 Å². The van der Waals surface area contributed by atoms with Gasteiger partial charge in [0, 0.05) is 0 Å². The molecule has 0 fully saturated rings. The summed E-state index contributed by atoms with van der Waals surface area (Å²) in [5, 5.41) is 0. The number of hydrogen-bond acceptors (Lipinski definition) is 3. The minimum atomic E-state index is -0.553. The molecule has 1 rings (SSSR count). The normalized spacial score (nSPS) is 21.8. The second-order valence-electron chi connectivity index (χ2n) is 2.37. The quantitative estimate of drug-likeness (QED) is 0.591. The van der Waals surface area contributed by atoms with Gasteiger partial charge in [-0.05, 0) is 12.5 Å². The second-order valence-corrected chi connectivity index (χ2v) is 2.37. The minimum Gasteiger partial charge on any atom is -0.464 e. The molecule has 0 saturated carbocycles.